The number of alkyl halides is 3. The zero-order valence-electron chi connectivity index (χ0n) is 14.3. The van der Waals surface area contributed by atoms with Gasteiger partial charge >= 0.3 is 6.36 Å². The molecule has 0 unspecified atom stereocenters. The quantitative estimate of drug-likeness (QED) is 0.727. The summed E-state index contributed by atoms with van der Waals surface area (Å²) in [6, 6.07) is 10.8. The second-order valence-corrected chi connectivity index (χ2v) is 6.35. The molecule has 2 N–H and O–H groups in total. The van der Waals surface area contributed by atoms with E-state index >= 15 is 0 Å². The molecule has 1 aliphatic rings. The van der Waals surface area contributed by atoms with Gasteiger partial charge in [0.1, 0.15) is 5.75 Å². The smallest absolute Gasteiger partial charge is 0.406 e. The number of nitrogens with two attached hydrogens (primary N) is 1. The third kappa shape index (κ3) is 3.42. The number of hydrogen-bond donors (Lipinski definition) is 1. The zero-order chi connectivity index (χ0) is 19.9. The Balaban J connectivity index is 1.73. The molecule has 28 heavy (non-hydrogen) atoms. The van der Waals surface area contributed by atoms with Crippen LogP contribution in [0.5, 0.6) is 5.75 Å². The number of aromatic nitrogens is 2. The first-order valence-corrected chi connectivity index (χ1v) is 8.37. The van der Waals surface area contributed by atoms with Gasteiger partial charge in [-0.05, 0) is 42.2 Å². The molecule has 0 radical (unpaired) electrons. The van der Waals surface area contributed by atoms with E-state index in [1.54, 1.807) is 6.07 Å². The van der Waals surface area contributed by atoms with Crippen molar-refractivity contribution in [2.24, 2.45) is 5.73 Å². The first-order valence-electron chi connectivity index (χ1n) is 8.37. The van der Waals surface area contributed by atoms with E-state index in [1.165, 1.54) is 6.07 Å². The van der Waals surface area contributed by atoms with E-state index in [4.69, 9.17) is 15.5 Å². The van der Waals surface area contributed by atoms with Gasteiger partial charge in [-0.1, -0.05) is 23.4 Å². The highest BCUT2D eigenvalue weighted by Crippen LogP contribution is 2.36. The second-order valence-electron chi connectivity index (χ2n) is 6.35. The third-order valence-electron chi connectivity index (χ3n) is 4.50. The highest BCUT2D eigenvalue weighted by molar-refractivity contribution is 5.67. The molecular weight excluding hydrogens is 373 g/mol. The molecule has 6 nitrogen and oxygen atoms in total. The summed E-state index contributed by atoms with van der Waals surface area (Å²) in [4.78, 5) is 4.30. The van der Waals surface area contributed by atoms with Crippen molar-refractivity contribution in [3.63, 3.8) is 0 Å². The fraction of sp³-hybridized carbons (Fsp3) is 0.211. The van der Waals surface area contributed by atoms with Gasteiger partial charge in [0.15, 0.2) is 0 Å². The number of nitrogens with zero attached hydrogens (tertiary/aromatic N) is 3. The zero-order valence-corrected chi connectivity index (χ0v) is 14.3. The van der Waals surface area contributed by atoms with Crippen LogP contribution in [0.4, 0.5) is 13.2 Å². The summed E-state index contributed by atoms with van der Waals surface area (Å²) >= 11 is 0. The average molecular weight is 386 g/mol. The second kappa shape index (κ2) is 6.65. The van der Waals surface area contributed by atoms with Crippen LogP contribution >= 0.6 is 0 Å². The van der Waals surface area contributed by atoms with Gasteiger partial charge in [-0.2, -0.15) is 10.2 Å². The number of halogens is 3. The fourth-order valence-electron chi connectivity index (χ4n) is 3.33. The van der Waals surface area contributed by atoms with Gasteiger partial charge in [0, 0.05) is 17.2 Å². The Hall–Kier alpha value is -3.38. The summed E-state index contributed by atoms with van der Waals surface area (Å²) in [6.45, 7) is 0. The van der Waals surface area contributed by atoms with Crippen molar-refractivity contribution >= 4 is 0 Å². The largest absolute Gasteiger partial charge is 0.573 e. The Morgan fingerprint density at radius 2 is 2.07 bits per heavy atom. The summed E-state index contributed by atoms with van der Waals surface area (Å²) in [5.41, 5.74) is 9.04. The number of ether oxygens (including phenoxy) is 1. The lowest BCUT2D eigenvalue weighted by atomic mass is 10.0. The Morgan fingerprint density at radius 3 is 2.82 bits per heavy atom. The van der Waals surface area contributed by atoms with Crippen molar-refractivity contribution in [1.82, 2.24) is 10.1 Å². The number of benzene rings is 2. The van der Waals surface area contributed by atoms with Crippen molar-refractivity contribution in [3.05, 3.63) is 53.1 Å². The standard InChI is InChI=1S/C19H13F3N4O2/c20-19(21,22)27-12-7-10(9-23)6-11(8-12)18-25-17(26-28-18)15-3-1-2-14-13(15)4-5-16(14)24/h1-3,6-8,16H,4-5,24H2/t16-/m1/s1. The number of nitriles is 1. The molecule has 0 spiro atoms. The average Bonchev–Trinajstić information content (AvgIpc) is 3.27. The molecule has 3 aromatic rings. The summed E-state index contributed by atoms with van der Waals surface area (Å²) in [5, 5.41) is 13.0. The predicted molar refractivity (Wildman–Crippen MR) is 91.8 cm³/mol. The molecule has 0 saturated carbocycles. The number of fused-ring (bicyclic) bond motifs is 1. The molecule has 0 aliphatic heterocycles. The molecule has 0 fully saturated rings. The lowest BCUT2D eigenvalue weighted by Crippen LogP contribution is -2.17. The maximum absolute atomic E-state index is 12.5. The van der Waals surface area contributed by atoms with Crippen LogP contribution in [-0.2, 0) is 6.42 Å². The molecule has 142 valence electrons. The van der Waals surface area contributed by atoms with Gasteiger partial charge in [0.2, 0.25) is 5.82 Å². The van der Waals surface area contributed by atoms with Crippen LogP contribution in [0.3, 0.4) is 0 Å². The SMILES string of the molecule is N#Cc1cc(OC(F)(F)F)cc(-c2nc(-c3cccc4c3CC[C@H]4N)no2)c1. The van der Waals surface area contributed by atoms with Crippen LogP contribution in [0.1, 0.15) is 29.2 Å². The lowest BCUT2D eigenvalue weighted by Gasteiger charge is -2.09. The molecule has 9 heteroatoms. The topological polar surface area (TPSA) is 98.0 Å². The summed E-state index contributed by atoms with van der Waals surface area (Å²) in [7, 11) is 0. The Bertz CT molecular complexity index is 1090. The molecule has 1 atom stereocenters. The Labute approximate surface area is 157 Å². The van der Waals surface area contributed by atoms with Crippen molar-refractivity contribution in [3.8, 4) is 34.7 Å². The van der Waals surface area contributed by atoms with Crippen LogP contribution in [0.25, 0.3) is 22.8 Å². The van der Waals surface area contributed by atoms with Crippen LogP contribution in [-0.4, -0.2) is 16.5 Å². The van der Waals surface area contributed by atoms with Crippen molar-refractivity contribution in [1.29, 1.82) is 5.26 Å². The van der Waals surface area contributed by atoms with E-state index in [0.29, 0.717) is 5.82 Å². The minimum atomic E-state index is -4.88. The monoisotopic (exact) mass is 386 g/mol. The Morgan fingerprint density at radius 1 is 1.25 bits per heavy atom. The van der Waals surface area contributed by atoms with E-state index in [0.717, 1.165) is 41.7 Å². The maximum atomic E-state index is 12.5. The minimum Gasteiger partial charge on any atom is -0.406 e. The van der Waals surface area contributed by atoms with E-state index in [2.05, 4.69) is 14.9 Å². The summed E-state index contributed by atoms with van der Waals surface area (Å²) in [5.74, 6) is -0.242. The molecule has 1 heterocycles. The molecule has 0 saturated heterocycles. The Kier molecular flexibility index (Phi) is 4.28. The van der Waals surface area contributed by atoms with Crippen LogP contribution in [0.15, 0.2) is 40.9 Å². The molecule has 2 aromatic carbocycles. The summed E-state index contributed by atoms with van der Waals surface area (Å²) < 4.78 is 46.7. The minimum absolute atomic E-state index is 0.0148. The van der Waals surface area contributed by atoms with Gasteiger partial charge in [-0.15, -0.1) is 13.2 Å². The van der Waals surface area contributed by atoms with Crippen LogP contribution < -0.4 is 10.5 Å². The lowest BCUT2D eigenvalue weighted by molar-refractivity contribution is -0.274. The van der Waals surface area contributed by atoms with E-state index in [9.17, 15) is 13.2 Å². The molecule has 1 aliphatic carbocycles. The van der Waals surface area contributed by atoms with Gasteiger partial charge in [-0.3, -0.25) is 0 Å². The van der Waals surface area contributed by atoms with E-state index in [1.807, 2.05) is 18.2 Å². The van der Waals surface area contributed by atoms with Gasteiger partial charge in [-0.25, -0.2) is 0 Å². The number of rotatable bonds is 3. The predicted octanol–water partition coefficient (Wildman–Crippen LogP) is 4.12. The van der Waals surface area contributed by atoms with Crippen LogP contribution in [0.2, 0.25) is 0 Å². The van der Waals surface area contributed by atoms with Crippen molar-refractivity contribution < 1.29 is 22.4 Å². The number of hydrogen-bond acceptors (Lipinski definition) is 6. The first-order chi connectivity index (χ1) is 13.3. The molecule has 0 amide bonds. The van der Waals surface area contributed by atoms with Gasteiger partial charge in [0.25, 0.3) is 5.89 Å². The van der Waals surface area contributed by atoms with Gasteiger partial charge < -0.3 is 15.0 Å². The van der Waals surface area contributed by atoms with Crippen LogP contribution in [0, 0.1) is 11.3 Å². The third-order valence-corrected chi connectivity index (χ3v) is 4.50. The molecule has 0 bridgehead atoms. The van der Waals surface area contributed by atoms with Crippen molar-refractivity contribution in [2.75, 3.05) is 0 Å². The van der Waals surface area contributed by atoms with E-state index < -0.39 is 12.1 Å². The van der Waals surface area contributed by atoms with E-state index in [-0.39, 0.29) is 23.1 Å². The molecule has 4 rings (SSSR count). The molecule has 1 aromatic heterocycles. The first kappa shape index (κ1) is 18.0. The maximum Gasteiger partial charge on any atom is 0.573 e. The highest BCUT2D eigenvalue weighted by Gasteiger charge is 2.31. The van der Waals surface area contributed by atoms with Crippen molar-refractivity contribution in [2.45, 2.75) is 25.2 Å². The molecular formula is C19H13F3N4O2. The van der Waals surface area contributed by atoms with Gasteiger partial charge in [0.05, 0.1) is 11.6 Å². The fourth-order valence-corrected chi connectivity index (χ4v) is 3.33. The highest BCUT2D eigenvalue weighted by atomic mass is 19.4. The normalized spacial score (nSPS) is 15.9. The summed E-state index contributed by atoms with van der Waals surface area (Å²) in [6.07, 6.45) is -3.28.